The van der Waals surface area contributed by atoms with Gasteiger partial charge in [0.2, 0.25) is 0 Å². The molecule has 4 heteroatoms. The van der Waals surface area contributed by atoms with Gasteiger partial charge in [0.15, 0.2) is 5.22 Å². The first-order valence-corrected chi connectivity index (χ1v) is 4.22. The molecule has 0 aliphatic carbocycles. The predicted molar refractivity (Wildman–Crippen MR) is 49.1 cm³/mol. The number of nitrogens with two attached hydrogens (primary N) is 1. The average molecular weight is 189 g/mol. The first kappa shape index (κ1) is 9.58. The van der Waals surface area contributed by atoms with E-state index in [1.54, 1.807) is 6.26 Å². The topological polar surface area (TPSA) is 42.4 Å². The fraction of sp³-hybridized carbons (Fsp3) is 0.500. The molecule has 0 aliphatic rings. The van der Waals surface area contributed by atoms with E-state index in [0.29, 0.717) is 11.8 Å². The van der Waals surface area contributed by atoms with Gasteiger partial charge in [-0.1, -0.05) is 0 Å². The van der Waals surface area contributed by atoms with E-state index in [0.717, 1.165) is 18.7 Å². The Morgan fingerprint density at radius 1 is 1.67 bits per heavy atom. The van der Waals surface area contributed by atoms with Crippen LogP contribution in [-0.4, -0.2) is 25.0 Å². The minimum absolute atomic E-state index is 0.471. The van der Waals surface area contributed by atoms with Crippen LogP contribution in [0.1, 0.15) is 5.56 Å². The van der Waals surface area contributed by atoms with Gasteiger partial charge in [-0.3, -0.25) is 0 Å². The Labute approximate surface area is 77.1 Å². The molecule has 0 atom stereocenters. The molecule has 1 heterocycles. The zero-order valence-electron chi connectivity index (χ0n) is 7.09. The van der Waals surface area contributed by atoms with Gasteiger partial charge in [-0.05, 0) is 24.7 Å². The van der Waals surface area contributed by atoms with Crippen molar-refractivity contribution >= 4 is 11.6 Å². The van der Waals surface area contributed by atoms with Crippen molar-refractivity contribution in [1.29, 1.82) is 0 Å². The summed E-state index contributed by atoms with van der Waals surface area (Å²) in [6, 6.07) is 1.87. The van der Waals surface area contributed by atoms with Crippen molar-refractivity contribution in [2.75, 3.05) is 20.1 Å². The number of hydrogen-bond acceptors (Lipinski definition) is 3. The van der Waals surface area contributed by atoms with E-state index in [2.05, 4.69) is 4.90 Å². The molecule has 0 radical (unpaired) electrons. The molecular formula is C8H13ClN2O. The summed E-state index contributed by atoms with van der Waals surface area (Å²) in [5.74, 6) is 0. The molecule has 12 heavy (non-hydrogen) atoms. The molecule has 0 bridgehead atoms. The van der Waals surface area contributed by atoms with Crippen molar-refractivity contribution in [2.45, 2.75) is 6.54 Å². The smallest absolute Gasteiger partial charge is 0.197 e. The van der Waals surface area contributed by atoms with Gasteiger partial charge in [0.05, 0.1) is 6.26 Å². The van der Waals surface area contributed by atoms with Crippen molar-refractivity contribution in [2.24, 2.45) is 5.73 Å². The van der Waals surface area contributed by atoms with Crippen molar-refractivity contribution < 1.29 is 4.42 Å². The van der Waals surface area contributed by atoms with E-state index in [9.17, 15) is 0 Å². The number of halogens is 1. The first-order chi connectivity index (χ1) is 5.74. The van der Waals surface area contributed by atoms with Gasteiger partial charge in [-0.2, -0.15) is 0 Å². The van der Waals surface area contributed by atoms with E-state index < -0.39 is 0 Å². The Bertz CT molecular complexity index is 237. The van der Waals surface area contributed by atoms with Crippen LogP contribution in [-0.2, 0) is 6.54 Å². The first-order valence-electron chi connectivity index (χ1n) is 3.84. The summed E-state index contributed by atoms with van der Waals surface area (Å²) >= 11 is 5.76. The van der Waals surface area contributed by atoms with Crippen LogP contribution in [0.2, 0.25) is 5.22 Å². The van der Waals surface area contributed by atoms with Crippen molar-refractivity contribution in [3.8, 4) is 0 Å². The van der Waals surface area contributed by atoms with Crippen LogP contribution >= 0.6 is 11.6 Å². The maximum Gasteiger partial charge on any atom is 0.197 e. The lowest BCUT2D eigenvalue weighted by Gasteiger charge is -2.13. The summed E-state index contributed by atoms with van der Waals surface area (Å²) < 4.78 is 4.95. The number of nitrogens with zero attached hydrogens (tertiary/aromatic N) is 1. The van der Waals surface area contributed by atoms with Crippen LogP contribution in [0.5, 0.6) is 0 Å². The lowest BCUT2D eigenvalue weighted by Crippen LogP contribution is -2.24. The summed E-state index contributed by atoms with van der Waals surface area (Å²) in [4.78, 5) is 2.09. The monoisotopic (exact) mass is 188 g/mol. The highest BCUT2D eigenvalue weighted by Crippen LogP contribution is 2.17. The molecule has 3 nitrogen and oxygen atoms in total. The van der Waals surface area contributed by atoms with Crippen LogP contribution in [0.15, 0.2) is 16.7 Å². The Balaban J connectivity index is 2.46. The molecular weight excluding hydrogens is 176 g/mol. The lowest BCUT2D eigenvalue weighted by molar-refractivity contribution is 0.335. The minimum atomic E-state index is 0.471. The molecule has 0 amide bonds. The third-order valence-electron chi connectivity index (χ3n) is 1.64. The van der Waals surface area contributed by atoms with Crippen LogP contribution in [0.3, 0.4) is 0 Å². The molecule has 0 saturated carbocycles. The summed E-state index contributed by atoms with van der Waals surface area (Å²) in [5.41, 5.74) is 6.41. The predicted octanol–water partition coefficient (Wildman–Crippen LogP) is 1.32. The Kier molecular flexibility index (Phi) is 3.59. The summed E-state index contributed by atoms with van der Waals surface area (Å²) in [6.07, 6.45) is 1.59. The Morgan fingerprint density at radius 3 is 2.92 bits per heavy atom. The third kappa shape index (κ3) is 2.52. The normalized spacial score (nSPS) is 11.0. The maximum absolute atomic E-state index is 5.76. The van der Waals surface area contributed by atoms with E-state index in [-0.39, 0.29) is 0 Å². The zero-order valence-corrected chi connectivity index (χ0v) is 7.84. The third-order valence-corrected chi connectivity index (χ3v) is 1.98. The molecule has 0 unspecified atom stereocenters. The molecule has 1 rings (SSSR count). The number of rotatable bonds is 4. The second-order valence-corrected chi connectivity index (χ2v) is 3.09. The Hall–Kier alpha value is -0.510. The van der Waals surface area contributed by atoms with Crippen molar-refractivity contribution in [1.82, 2.24) is 4.90 Å². The lowest BCUT2D eigenvalue weighted by atomic mass is 10.3. The van der Waals surface area contributed by atoms with Gasteiger partial charge in [0, 0.05) is 25.2 Å². The standard InChI is InChI=1S/C8H13ClN2O/c1-11(4-3-10)6-7-2-5-12-8(7)9/h2,5H,3-4,6,10H2,1H3. The number of likely N-dealkylation sites (N-methyl/N-ethyl adjacent to an activating group) is 1. The van der Waals surface area contributed by atoms with Crippen LogP contribution in [0.25, 0.3) is 0 Å². The molecule has 1 aromatic rings. The van der Waals surface area contributed by atoms with Crippen molar-refractivity contribution in [3.63, 3.8) is 0 Å². The van der Waals surface area contributed by atoms with Crippen LogP contribution < -0.4 is 5.73 Å². The highest BCUT2D eigenvalue weighted by molar-refractivity contribution is 6.29. The molecule has 0 aromatic carbocycles. The summed E-state index contributed by atoms with van der Waals surface area (Å²) in [5, 5.41) is 0.471. The SMILES string of the molecule is CN(CCN)Cc1ccoc1Cl. The molecule has 1 aromatic heterocycles. The second-order valence-electron chi connectivity index (χ2n) is 2.75. The minimum Gasteiger partial charge on any atom is -0.453 e. The highest BCUT2D eigenvalue weighted by Gasteiger charge is 2.05. The number of hydrogen-bond donors (Lipinski definition) is 1. The van der Waals surface area contributed by atoms with E-state index >= 15 is 0 Å². The van der Waals surface area contributed by atoms with Crippen molar-refractivity contribution in [3.05, 3.63) is 23.1 Å². The maximum atomic E-state index is 5.76. The molecule has 0 aliphatic heterocycles. The van der Waals surface area contributed by atoms with E-state index in [1.165, 1.54) is 0 Å². The molecule has 0 spiro atoms. The largest absolute Gasteiger partial charge is 0.453 e. The van der Waals surface area contributed by atoms with Gasteiger partial charge < -0.3 is 15.1 Å². The second kappa shape index (κ2) is 4.50. The quantitative estimate of drug-likeness (QED) is 0.775. The Morgan fingerprint density at radius 2 is 2.42 bits per heavy atom. The molecule has 0 saturated heterocycles. The van der Waals surface area contributed by atoms with Crippen LogP contribution in [0.4, 0.5) is 0 Å². The molecule has 68 valence electrons. The van der Waals surface area contributed by atoms with Gasteiger partial charge in [0.25, 0.3) is 0 Å². The van der Waals surface area contributed by atoms with E-state index in [1.807, 2.05) is 13.1 Å². The zero-order chi connectivity index (χ0) is 8.97. The van der Waals surface area contributed by atoms with Gasteiger partial charge in [0.1, 0.15) is 0 Å². The summed E-state index contributed by atoms with van der Waals surface area (Å²) in [7, 11) is 2.00. The average Bonchev–Trinajstić information content (AvgIpc) is 2.37. The summed E-state index contributed by atoms with van der Waals surface area (Å²) in [6.45, 7) is 2.31. The van der Waals surface area contributed by atoms with E-state index in [4.69, 9.17) is 21.8 Å². The van der Waals surface area contributed by atoms with Gasteiger partial charge in [-0.25, -0.2) is 0 Å². The van der Waals surface area contributed by atoms with Gasteiger partial charge in [-0.15, -0.1) is 0 Å². The number of furan rings is 1. The van der Waals surface area contributed by atoms with Crippen LogP contribution in [0, 0.1) is 0 Å². The fourth-order valence-corrected chi connectivity index (χ4v) is 1.20. The molecule has 2 N–H and O–H groups in total. The fourth-order valence-electron chi connectivity index (χ4n) is 1.02. The highest BCUT2D eigenvalue weighted by atomic mass is 35.5. The molecule has 0 fully saturated rings. The van der Waals surface area contributed by atoms with Gasteiger partial charge >= 0.3 is 0 Å².